The lowest BCUT2D eigenvalue weighted by atomic mass is 9.77. The van der Waals surface area contributed by atoms with Crippen molar-refractivity contribution in [2.24, 2.45) is 21.9 Å². The molecule has 1 saturated carbocycles. The van der Waals surface area contributed by atoms with E-state index in [0.717, 1.165) is 6.42 Å². The Kier molecular flexibility index (Phi) is 3.62. The first-order valence-corrected chi connectivity index (χ1v) is 7.29. The Bertz CT molecular complexity index is 484. The van der Waals surface area contributed by atoms with Crippen LogP contribution in [0.15, 0.2) is 40.5 Å². The second-order valence-corrected chi connectivity index (χ2v) is 5.62. The fourth-order valence-electron chi connectivity index (χ4n) is 3.28. The van der Waals surface area contributed by atoms with Crippen LogP contribution in [0.25, 0.3) is 0 Å². The zero-order valence-corrected chi connectivity index (χ0v) is 11.3. The summed E-state index contributed by atoms with van der Waals surface area (Å²) >= 11 is 0. The van der Waals surface area contributed by atoms with Crippen LogP contribution in [-0.2, 0) is 0 Å². The Morgan fingerprint density at radius 2 is 1.68 bits per heavy atom. The van der Waals surface area contributed by atoms with Crippen LogP contribution < -0.4 is 5.73 Å². The number of amidine groups is 1. The van der Waals surface area contributed by atoms with E-state index in [9.17, 15) is 0 Å². The lowest BCUT2D eigenvalue weighted by Crippen LogP contribution is -2.31. The average Bonchev–Trinajstić information content (AvgIpc) is 2.49. The lowest BCUT2D eigenvalue weighted by Gasteiger charge is -2.30. The van der Waals surface area contributed by atoms with Gasteiger partial charge in [-0.1, -0.05) is 49.6 Å². The molecule has 1 aliphatic carbocycles. The summed E-state index contributed by atoms with van der Waals surface area (Å²) in [7, 11) is 0. The van der Waals surface area contributed by atoms with E-state index in [0.29, 0.717) is 17.7 Å². The molecular formula is C16H21N3. The van der Waals surface area contributed by atoms with Gasteiger partial charge >= 0.3 is 0 Å². The zero-order valence-electron chi connectivity index (χ0n) is 11.3. The van der Waals surface area contributed by atoms with E-state index < -0.39 is 0 Å². The molecule has 1 aromatic rings. The zero-order chi connectivity index (χ0) is 13.1. The summed E-state index contributed by atoms with van der Waals surface area (Å²) in [5.74, 6) is 1.60. The van der Waals surface area contributed by atoms with Crippen LogP contribution in [0.4, 0.5) is 0 Å². The van der Waals surface area contributed by atoms with Gasteiger partial charge in [0.1, 0.15) is 5.84 Å². The molecule has 0 amide bonds. The van der Waals surface area contributed by atoms with Gasteiger partial charge in [0.2, 0.25) is 0 Å². The minimum absolute atomic E-state index is 0.335. The summed E-state index contributed by atoms with van der Waals surface area (Å²) in [5.41, 5.74) is 8.48. The predicted molar refractivity (Wildman–Crippen MR) is 79.4 cm³/mol. The molecule has 100 valence electrons. The SMILES string of the molecule is NC1=NN=C(C2CCCCC2)C(c2ccccc2)C1. The van der Waals surface area contributed by atoms with E-state index in [2.05, 4.69) is 40.5 Å². The maximum absolute atomic E-state index is 5.90. The smallest absolute Gasteiger partial charge is 0.123 e. The second kappa shape index (κ2) is 5.55. The number of nitrogens with zero attached hydrogens (tertiary/aromatic N) is 2. The van der Waals surface area contributed by atoms with Crippen LogP contribution in [0.1, 0.15) is 50.0 Å². The topological polar surface area (TPSA) is 50.7 Å². The van der Waals surface area contributed by atoms with Crippen LogP contribution in [-0.4, -0.2) is 11.5 Å². The molecule has 19 heavy (non-hydrogen) atoms. The van der Waals surface area contributed by atoms with Crippen LogP contribution in [0.2, 0.25) is 0 Å². The summed E-state index contributed by atoms with van der Waals surface area (Å²) in [6, 6.07) is 10.6. The van der Waals surface area contributed by atoms with Crippen LogP contribution in [0.3, 0.4) is 0 Å². The van der Waals surface area contributed by atoms with Gasteiger partial charge in [0, 0.05) is 12.3 Å². The standard InChI is InChI=1S/C16H21N3/c17-15-11-14(12-7-3-1-4-8-12)16(19-18-15)13-9-5-2-6-10-13/h1,3-4,7-8,13-14H,2,5-6,9-11H2,(H2,17,18). The Hall–Kier alpha value is -1.64. The molecule has 3 nitrogen and oxygen atoms in total. The van der Waals surface area contributed by atoms with Crippen LogP contribution in [0, 0.1) is 5.92 Å². The quantitative estimate of drug-likeness (QED) is 0.864. The van der Waals surface area contributed by atoms with Crippen molar-refractivity contribution >= 4 is 11.5 Å². The van der Waals surface area contributed by atoms with E-state index in [1.54, 1.807) is 0 Å². The number of hydrogen-bond acceptors (Lipinski definition) is 3. The molecule has 1 atom stereocenters. The Labute approximate surface area is 114 Å². The fraction of sp³-hybridized carbons (Fsp3) is 0.500. The van der Waals surface area contributed by atoms with Crippen molar-refractivity contribution in [3.05, 3.63) is 35.9 Å². The highest BCUT2D eigenvalue weighted by molar-refractivity contribution is 5.99. The summed E-state index contributed by atoms with van der Waals surface area (Å²) in [6.45, 7) is 0. The molecule has 1 aliphatic heterocycles. The molecule has 0 saturated heterocycles. The van der Waals surface area contributed by atoms with Gasteiger partial charge in [-0.05, 0) is 24.3 Å². The maximum atomic E-state index is 5.90. The summed E-state index contributed by atoms with van der Waals surface area (Å²) < 4.78 is 0. The average molecular weight is 255 g/mol. The van der Waals surface area contributed by atoms with E-state index in [4.69, 9.17) is 5.73 Å². The highest BCUT2D eigenvalue weighted by atomic mass is 15.2. The Morgan fingerprint density at radius 3 is 2.42 bits per heavy atom. The molecule has 3 rings (SSSR count). The molecule has 2 N–H and O–H groups in total. The number of nitrogens with two attached hydrogens (primary N) is 1. The van der Waals surface area contributed by atoms with Crippen LogP contribution in [0.5, 0.6) is 0 Å². The van der Waals surface area contributed by atoms with Crippen molar-refractivity contribution in [3.8, 4) is 0 Å². The van der Waals surface area contributed by atoms with Crippen molar-refractivity contribution in [1.29, 1.82) is 0 Å². The van der Waals surface area contributed by atoms with E-state index in [1.807, 2.05) is 0 Å². The van der Waals surface area contributed by atoms with E-state index in [1.165, 1.54) is 43.4 Å². The van der Waals surface area contributed by atoms with Crippen molar-refractivity contribution in [2.45, 2.75) is 44.4 Å². The third kappa shape index (κ3) is 2.70. The highest BCUT2D eigenvalue weighted by Gasteiger charge is 2.30. The second-order valence-electron chi connectivity index (χ2n) is 5.62. The van der Waals surface area contributed by atoms with Gasteiger partial charge in [-0.15, -0.1) is 5.10 Å². The largest absolute Gasteiger partial charge is 0.386 e. The van der Waals surface area contributed by atoms with Gasteiger partial charge in [0.15, 0.2) is 0 Å². The van der Waals surface area contributed by atoms with E-state index in [-0.39, 0.29) is 0 Å². The number of benzene rings is 1. The molecule has 0 spiro atoms. The summed E-state index contributed by atoms with van der Waals surface area (Å²) in [6.07, 6.45) is 7.36. The minimum atomic E-state index is 0.335. The van der Waals surface area contributed by atoms with Gasteiger partial charge in [-0.2, -0.15) is 5.10 Å². The molecule has 1 heterocycles. The molecule has 1 unspecified atom stereocenters. The van der Waals surface area contributed by atoms with Crippen molar-refractivity contribution in [2.75, 3.05) is 0 Å². The molecule has 2 aliphatic rings. The van der Waals surface area contributed by atoms with Gasteiger partial charge in [0.25, 0.3) is 0 Å². The van der Waals surface area contributed by atoms with Crippen molar-refractivity contribution in [3.63, 3.8) is 0 Å². The number of rotatable bonds is 2. The number of hydrogen-bond donors (Lipinski definition) is 1. The normalized spacial score (nSPS) is 24.7. The first-order chi connectivity index (χ1) is 9.34. The fourth-order valence-corrected chi connectivity index (χ4v) is 3.28. The van der Waals surface area contributed by atoms with Crippen molar-refractivity contribution in [1.82, 2.24) is 0 Å². The third-order valence-electron chi connectivity index (χ3n) is 4.29. The summed E-state index contributed by atoms with van der Waals surface area (Å²) in [4.78, 5) is 0. The van der Waals surface area contributed by atoms with Crippen LogP contribution >= 0.6 is 0 Å². The molecule has 0 bridgehead atoms. The highest BCUT2D eigenvalue weighted by Crippen LogP contribution is 2.34. The molecule has 0 radical (unpaired) electrons. The molecular weight excluding hydrogens is 234 g/mol. The van der Waals surface area contributed by atoms with Gasteiger partial charge in [-0.3, -0.25) is 0 Å². The molecule has 1 fully saturated rings. The molecule has 1 aromatic carbocycles. The maximum Gasteiger partial charge on any atom is 0.123 e. The van der Waals surface area contributed by atoms with Gasteiger partial charge < -0.3 is 5.73 Å². The van der Waals surface area contributed by atoms with Gasteiger partial charge in [0.05, 0.1) is 5.71 Å². The monoisotopic (exact) mass is 255 g/mol. The summed E-state index contributed by atoms with van der Waals surface area (Å²) in [5, 5.41) is 8.62. The lowest BCUT2D eigenvalue weighted by molar-refractivity contribution is 0.431. The Morgan fingerprint density at radius 1 is 0.947 bits per heavy atom. The van der Waals surface area contributed by atoms with E-state index >= 15 is 0 Å². The first kappa shape index (κ1) is 12.4. The Balaban J connectivity index is 1.89. The van der Waals surface area contributed by atoms with Gasteiger partial charge in [-0.25, -0.2) is 0 Å². The molecule has 0 aromatic heterocycles. The third-order valence-corrected chi connectivity index (χ3v) is 4.29. The van der Waals surface area contributed by atoms with Crippen molar-refractivity contribution < 1.29 is 0 Å². The minimum Gasteiger partial charge on any atom is -0.386 e. The first-order valence-electron chi connectivity index (χ1n) is 7.29. The predicted octanol–water partition coefficient (Wildman–Crippen LogP) is 3.47. The molecule has 3 heteroatoms.